The Hall–Kier alpha value is -2.86. The summed E-state index contributed by atoms with van der Waals surface area (Å²) >= 11 is 1.50. The number of rotatable bonds is 4. The predicted octanol–water partition coefficient (Wildman–Crippen LogP) is 4.16. The number of thioether (sulfide) groups is 1. The summed E-state index contributed by atoms with van der Waals surface area (Å²) < 4.78 is 1.83. The zero-order chi connectivity index (χ0) is 20.5. The highest BCUT2D eigenvalue weighted by molar-refractivity contribution is 7.98. The van der Waals surface area contributed by atoms with E-state index in [1.165, 1.54) is 22.9 Å². The summed E-state index contributed by atoms with van der Waals surface area (Å²) in [7, 11) is 1.85. The fraction of sp³-hybridized carbons (Fsp3) is 0.261. The molecule has 0 aliphatic carbocycles. The van der Waals surface area contributed by atoms with Crippen LogP contribution in [0.2, 0.25) is 0 Å². The Labute approximate surface area is 174 Å². The molecule has 2 heterocycles. The Bertz CT molecular complexity index is 1140. The minimum absolute atomic E-state index is 0.0843. The molecule has 0 radical (unpaired) electrons. The molecule has 2 aromatic carbocycles. The van der Waals surface area contributed by atoms with Crippen molar-refractivity contribution in [3.8, 4) is 0 Å². The van der Waals surface area contributed by atoms with Crippen LogP contribution in [0.15, 0.2) is 58.5 Å². The van der Waals surface area contributed by atoms with Crippen LogP contribution < -0.4 is 10.9 Å². The molecule has 1 amide bonds. The SMILES string of the molecule is Cc1ccc(C2CC(=O)Nc3c2c(=O)nc(SCc2cccc(C)c2)n3C)cc1. The van der Waals surface area contributed by atoms with Gasteiger partial charge in [-0.25, -0.2) is 0 Å². The summed E-state index contributed by atoms with van der Waals surface area (Å²) in [5, 5.41) is 3.50. The molecule has 0 bridgehead atoms. The first-order valence-corrected chi connectivity index (χ1v) is 10.6. The summed E-state index contributed by atoms with van der Waals surface area (Å²) in [5.41, 5.74) is 4.77. The van der Waals surface area contributed by atoms with Gasteiger partial charge in [-0.15, -0.1) is 0 Å². The molecule has 1 aliphatic rings. The number of nitrogens with one attached hydrogen (secondary N) is 1. The van der Waals surface area contributed by atoms with Crippen LogP contribution in [0, 0.1) is 13.8 Å². The third-order valence-electron chi connectivity index (χ3n) is 5.23. The standard InChI is InChI=1S/C23H23N3O2S/c1-14-7-9-17(10-8-14)18-12-19(27)24-21-20(18)22(28)25-23(26(21)3)29-13-16-6-4-5-15(2)11-16/h4-11,18H,12-13H2,1-3H3,(H,24,27). The number of carbonyl (C=O) groups is 1. The second kappa shape index (κ2) is 7.87. The van der Waals surface area contributed by atoms with Crippen molar-refractivity contribution in [2.45, 2.75) is 37.1 Å². The largest absolute Gasteiger partial charge is 0.312 e. The fourth-order valence-electron chi connectivity index (χ4n) is 3.70. The van der Waals surface area contributed by atoms with E-state index >= 15 is 0 Å². The monoisotopic (exact) mass is 405 g/mol. The molecule has 0 saturated heterocycles. The van der Waals surface area contributed by atoms with E-state index < -0.39 is 0 Å². The summed E-state index contributed by atoms with van der Waals surface area (Å²) in [6, 6.07) is 16.3. The van der Waals surface area contributed by atoms with E-state index in [1.807, 2.05) is 48.9 Å². The molecule has 0 fully saturated rings. The first kappa shape index (κ1) is 19.5. The van der Waals surface area contributed by atoms with E-state index in [0.29, 0.717) is 22.3 Å². The number of aromatic nitrogens is 2. The number of benzene rings is 2. The molecular formula is C23H23N3O2S. The maximum atomic E-state index is 13.0. The quantitative estimate of drug-likeness (QED) is 0.523. The maximum absolute atomic E-state index is 13.0. The average molecular weight is 406 g/mol. The van der Waals surface area contributed by atoms with E-state index in [-0.39, 0.29) is 23.8 Å². The molecule has 0 spiro atoms. The molecule has 6 heteroatoms. The summed E-state index contributed by atoms with van der Waals surface area (Å²) in [5.74, 6) is 0.898. The minimum atomic E-state index is -0.277. The molecule has 1 unspecified atom stereocenters. The molecule has 5 nitrogen and oxygen atoms in total. The molecule has 4 rings (SSSR count). The van der Waals surface area contributed by atoms with Crippen LogP contribution in [0.5, 0.6) is 0 Å². The van der Waals surface area contributed by atoms with E-state index in [4.69, 9.17) is 0 Å². The van der Waals surface area contributed by atoms with Crippen molar-refractivity contribution in [1.82, 2.24) is 9.55 Å². The van der Waals surface area contributed by atoms with Gasteiger partial charge in [0.2, 0.25) is 5.91 Å². The molecular weight excluding hydrogens is 382 g/mol. The van der Waals surface area contributed by atoms with Gasteiger partial charge < -0.3 is 9.88 Å². The Morgan fingerprint density at radius 3 is 2.59 bits per heavy atom. The number of nitrogens with zero attached hydrogens (tertiary/aromatic N) is 2. The van der Waals surface area contributed by atoms with Crippen LogP contribution in [0.4, 0.5) is 5.82 Å². The molecule has 1 atom stereocenters. The van der Waals surface area contributed by atoms with Gasteiger partial charge in [0.15, 0.2) is 5.16 Å². The Morgan fingerprint density at radius 1 is 1.10 bits per heavy atom. The first-order valence-electron chi connectivity index (χ1n) is 9.58. The second-order valence-electron chi connectivity index (χ2n) is 7.51. The zero-order valence-electron chi connectivity index (χ0n) is 16.7. The molecule has 29 heavy (non-hydrogen) atoms. The molecule has 3 aromatic rings. The highest BCUT2D eigenvalue weighted by Crippen LogP contribution is 2.36. The zero-order valence-corrected chi connectivity index (χ0v) is 17.5. The molecule has 1 aromatic heterocycles. The lowest BCUT2D eigenvalue weighted by atomic mass is 9.86. The Morgan fingerprint density at radius 2 is 1.86 bits per heavy atom. The number of hydrogen-bond donors (Lipinski definition) is 1. The van der Waals surface area contributed by atoms with Crippen molar-refractivity contribution < 1.29 is 4.79 Å². The smallest absolute Gasteiger partial charge is 0.279 e. The van der Waals surface area contributed by atoms with Gasteiger partial charge in [-0.3, -0.25) is 9.59 Å². The van der Waals surface area contributed by atoms with E-state index in [9.17, 15) is 9.59 Å². The van der Waals surface area contributed by atoms with Crippen LogP contribution in [-0.2, 0) is 17.6 Å². The number of amides is 1. The lowest BCUT2D eigenvalue weighted by Gasteiger charge is -2.27. The first-order chi connectivity index (χ1) is 13.9. The number of anilines is 1. The number of carbonyl (C=O) groups excluding carboxylic acids is 1. The van der Waals surface area contributed by atoms with Gasteiger partial charge in [0.25, 0.3) is 5.56 Å². The lowest BCUT2D eigenvalue weighted by molar-refractivity contribution is -0.116. The normalized spacial score (nSPS) is 15.7. The maximum Gasteiger partial charge on any atom is 0.279 e. The summed E-state index contributed by atoms with van der Waals surface area (Å²) in [6.07, 6.45) is 0.253. The molecule has 148 valence electrons. The van der Waals surface area contributed by atoms with Gasteiger partial charge in [0.1, 0.15) is 5.82 Å². The van der Waals surface area contributed by atoms with Gasteiger partial charge in [-0.05, 0) is 25.0 Å². The average Bonchev–Trinajstić information content (AvgIpc) is 2.69. The summed E-state index contributed by atoms with van der Waals surface area (Å²) in [6.45, 7) is 4.07. The van der Waals surface area contributed by atoms with Crippen LogP contribution >= 0.6 is 11.8 Å². The number of aryl methyl sites for hydroxylation is 2. The van der Waals surface area contributed by atoms with Crippen molar-refractivity contribution in [1.29, 1.82) is 0 Å². The van der Waals surface area contributed by atoms with Crippen LogP contribution in [0.1, 0.15) is 40.2 Å². The second-order valence-corrected chi connectivity index (χ2v) is 8.46. The predicted molar refractivity (Wildman–Crippen MR) is 116 cm³/mol. The van der Waals surface area contributed by atoms with Crippen LogP contribution in [0.25, 0.3) is 0 Å². The topological polar surface area (TPSA) is 64.0 Å². The van der Waals surface area contributed by atoms with Gasteiger partial charge in [-0.1, -0.05) is 71.4 Å². The Balaban J connectivity index is 1.71. The van der Waals surface area contributed by atoms with Crippen molar-refractivity contribution >= 4 is 23.5 Å². The Kier molecular flexibility index (Phi) is 5.28. The minimum Gasteiger partial charge on any atom is -0.312 e. The van der Waals surface area contributed by atoms with Gasteiger partial charge in [0, 0.05) is 25.1 Å². The molecule has 1 N–H and O–H groups in total. The third-order valence-corrected chi connectivity index (χ3v) is 6.33. The molecule has 1 aliphatic heterocycles. The summed E-state index contributed by atoms with van der Waals surface area (Å²) in [4.78, 5) is 29.7. The van der Waals surface area contributed by atoms with Crippen LogP contribution in [0.3, 0.4) is 0 Å². The number of hydrogen-bond acceptors (Lipinski definition) is 4. The highest BCUT2D eigenvalue weighted by Gasteiger charge is 2.32. The van der Waals surface area contributed by atoms with Gasteiger partial charge >= 0.3 is 0 Å². The van der Waals surface area contributed by atoms with Gasteiger partial charge in [0.05, 0.1) is 5.56 Å². The van der Waals surface area contributed by atoms with Crippen molar-refractivity contribution in [3.05, 3.63) is 86.7 Å². The highest BCUT2D eigenvalue weighted by atomic mass is 32.2. The van der Waals surface area contributed by atoms with Crippen molar-refractivity contribution in [2.24, 2.45) is 7.05 Å². The molecule has 0 saturated carbocycles. The van der Waals surface area contributed by atoms with E-state index in [2.05, 4.69) is 35.4 Å². The lowest BCUT2D eigenvalue weighted by Crippen LogP contribution is -2.33. The number of fused-ring (bicyclic) bond motifs is 1. The van der Waals surface area contributed by atoms with E-state index in [0.717, 1.165) is 11.1 Å². The van der Waals surface area contributed by atoms with Crippen molar-refractivity contribution in [2.75, 3.05) is 5.32 Å². The van der Waals surface area contributed by atoms with Crippen LogP contribution in [-0.4, -0.2) is 15.5 Å². The fourth-order valence-corrected chi connectivity index (χ4v) is 4.61. The van der Waals surface area contributed by atoms with E-state index in [1.54, 1.807) is 0 Å². The third kappa shape index (κ3) is 3.98. The van der Waals surface area contributed by atoms with Crippen molar-refractivity contribution in [3.63, 3.8) is 0 Å². The van der Waals surface area contributed by atoms with Gasteiger partial charge in [-0.2, -0.15) is 4.98 Å².